The van der Waals surface area contributed by atoms with Crippen LogP contribution >= 0.6 is 0 Å². The number of hydrogen-bond donors (Lipinski definition) is 2. The second kappa shape index (κ2) is 5.53. The van der Waals surface area contributed by atoms with Gasteiger partial charge in [-0.3, -0.25) is 0 Å². The summed E-state index contributed by atoms with van der Waals surface area (Å²) in [5.74, 6) is 0. The number of fused-ring (bicyclic) bond motifs is 1. The Hall–Kier alpha value is -1.35. The molecule has 2 rings (SSSR count). The van der Waals surface area contributed by atoms with Crippen LogP contribution in [0.25, 0.3) is 0 Å². The first-order chi connectivity index (χ1) is 8.65. The lowest BCUT2D eigenvalue weighted by atomic mass is 10.3. The molecule has 0 saturated heterocycles. The summed E-state index contributed by atoms with van der Waals surface area (Å²) in [6, 6.07) is 4.89. The zero-order valence-corrected chi connectivity index (χ0v) is 11.0. The highest BCUT2D eigenvalue weighted by Crippen LogP contribution is 2.37. The van der Waals surface area contributed by atoms with E-state index < -0.39 is 10.0 Å². The molecule has 1 aromatic rings. The van der Waals surface area contributed by atoms with Gasteiger partial charge < -0.3 is 5.73 Å². The van der Waals surface area contributed by atoms with Crippen molar-refractivity contribution in [3.05, 3.63) is 30.4 Å². The van der Waals surface area contributed by atoms with Gasteiger partial charge >= 0.3 is 0 Å². The van der Waals surface area contributed by atoms with Gasteiger partial charge in [0.25, 0.3) is 0 Å². The second-order valence-electron chi connectivity index (χ2n) is 3.45. The minimum atomic E-state index is -3.58. The zero-order valence-electron chi connectivity index (χ0n) is 9.41. The van der Waals surface area contributed by atoms with Crippen LogP contribution in [0.1, 0.15) is 0 Å². The van der Waals surface area contributed by atoms with Crippen LogP contribution in [0.3, 0.4) is 0 Å². The van der Waals surface area contributed by atoms with Gasteiger partial charge in [0.1, 0.15) is 16.3 Å². The molecular weight excluding hydrogens is 272 g/mol. The van der Waals surface area contributed by atoms with Gasteiger partial charge in [-0.1, -0.05) is 18.2 Å². The lowest BCUT2D eigenvalue weighted by Gasteiger charge is -2.06. The van der Waals surface area contributed by atoms with E-state index in [1.54, 1.807) is 24.3 Å². The SMILES string of the molecule is NC/C=C/CNS(=O)(=O)c1cccc2c1N=S=N2. The minimum Gasteiger partial charge on any atom is -0.327 e. The molecule has 1 heterocycles. The first-order valence-corrected chi connectivity index (χ1v) is 7.42. The summed E-state index contributed by atoms with van der Waals surface area (Å²) in [4.78, 5) is 0.148. The van der Waals surface area contributed by atoms with Crippen LogP contribution in [0.2, 0.25) is 0 Å². The molecule has 0 saturated carbocycles. The molecule has 0 atom stereocenters. The largest absolute Gasteiger partial charge is 0.327 e. The topological polar surface area (TPSA) is 96.9 Å². The van der Waals surface area contributed by atoms with Crippen molar-refractivity contribution in [1.29, 1.82) is 0 Å². The molecule has 0 radical (unpaired) electrons. The molecular formula is C10H12N4O2S2. The van der Waals surface area contributed by atoms with Crippen LogP contribution in [0, 0.1) is 0 Å². The number of nitrogens with one attached hydrogen (secondary N) is 1. The van der Waals surface area contributed by atoms with Gasteiger partial charge in [0.05, 0.1) is 11.4 Å². The number of nitrogens with zero attached hydrogens (tertiary/aromatic N) is 2. The normalized spacial score (nSPS) is 13.8. The van der Waals surface area contributed by atoms with E-state index in [1.165, 1.54) is 6.07 Å². The van der Waals surface area contributed by atoms with E-state index in [9.17, 15) is 8.42 Å². The molecule has 0 spiro atoms. The first-order valence-electron chi connectivity index (χ1n) is 5.21. The van der Waals surface area contributed by atoms with Crippen molar-refractivity contribution in [2.75, 3.05) is 13.1 Å². The van der Waals surface area contributed by atoms with Crippen molar-refractivity contribution in [2.24, 2.45) is 14.5 Å². The Bertz CT molecular complexity index is 646. The molecule has 1 aromatic carbocycles. The van der Waals surface area contributed by atoms with Gasteiger partial charge in [-0.2, -0.15) is 8.73 Å². The summed E-state index contributed by atoms with van der Waals surface area (Å²) in [7, 11) is -3.58. The molecule has 3 N–H and O–H groups in total. The van der Waals surface area contributed by atoms with Crippen molar-refractivity contribution in [3.63, 3.8) is 0 Å². The van der Waals surface area contributed by atoms with Crippen molar-refractivity contribution < 1.29 is 8.42 Å². The molecule has 18 heavy (non-hydrogen) atoms. The van der Waals surface area contributed by atoms with Crippen molar-refractivity contribution in [1.82, 2.24) is 4.72 Å². The van der Waals surface area contributed by atoms with Gasteiger partial charge in [0.2, 0.25) is 10.0 Å². The summed E-state index contributed by atoms with van der Waals surface area (Å²) >= 11 is 0.992. The third kappa shape index (κ3) is 2.72. The molecule has 6 nitrogen and oxygen atoms in total. The van der Waals surface area contributed by atoms with Crippen LogP contribution in [0.15, 0.2) is 44.0 Å². The molecule has 0 aliphatic carbocycles. The smallest absolute Gasteiger partial charge is 0.243 e. The van der Waals surface area contributed by atoms with E-state index in [2.05, 4.69) is 13.4 Å². The summed E-state index contributed by atoms with van der Waals surface area (Å²) < 4.78 is 34.6. The van der Waals surface area contributed by atoms with Crippen LogP contribution in [0.5, 0.6) is 0 Å². The van der Waals surface area contributed by atoms with Crippen molar-refractivity contribution in [2.45, 2.75) is 4.90 Å². The maximum atomic E-state index is 12.1. The van der Waals surface area contributed by atoms with E-state index in [-0.39, 0.29) is 11.4 Å². The zero-order chi connectivity index (χ0) is 13.0. The highest BCUT2D eigenvalue weighted by atomic mass is 32.2. The van der Waals surface area contributed by atoms with Gasteiger partial charge in [0, 0.05) is 13.1 Å². The predicted molar refractivity (Wildman–Crippen MR) is 71.4 cm³/mol. The van der Waals surface area contributed by atoms with Crippen LogP contribution < -0.4 is 10.5 Å². The Labute approximate surface area is 109 Å². The molecule has 0 aromatic heterocycles. The average molecular weight is 284 g/mol. The Morgan fingerprint density at radius 1 is 1.33 bits per heavy atom. The fourth-order valence-electron chi connectivity index (χ4n) is 1.41. The van der Waals surface area contributed by atoms with Crippen LogP contribution in [-0.4, -0.2) is 21.5 Å². The summed E-state index contributed by atoms with van der Waals surface area (Å²) in [5, 5.41) is 0. The summed E-state index contributed by atoms with van der Waals surface area (Å²) in [6.07, 6.45) is 3.35. The number of rotatable bonds is 5. The Morgan fingerprint density at radius 3 is 2.94 bits per heavy atom. The van der Waals surface area contributed by atoms with E-state index in [0.29, 0.717) is 17.9 Å². The van der Waals surface area contributed by atoms with Crippen LogP contribution in [-0.2, 0) is 21.4 Å². The van der Waals surface area contributed by atoms with Crippen LogP contribution in [0.4, 0.5) is 11.4 Å². The monoisotopic (exact) mass is 284 g/mol. The fraction of sp³-hybridized carbons (Fsp3) is 0.200. The molecule has 8 heteroatoms. The van der Waals surface area contributed by atoms with E-state index >= 15 is 0 Å². The average Bonchev–Trinajstić information content (AvgIpc) is 2.82. The number of sulfonamides is 1. The molecule has 1 aliphatic heterocycles. The summed E-state index contributed by atoms with van der Waals surface area (Å²) in [6.45, 7) is 0.584. The van der Waals surface area contributed by atoms with Gasteiger partial charge in [-0.25, -0.2) is 13.1 Å². The lowest BCUT2D eigenvalue weighted by Crippen LogP contribution is -2.23. The maximum absolute atomic E-state index is 12.1. The number of hydrogen-bond acceptors (Lipinski definition) is 5. The molecule has 0 bridgehead atoms. The Balaban J connectivity index is 2.24. The van der Waals surface area contributed by atoms with Gasteiger partial charge in [-0.15, -0.1) is 0 Å². The van der Waals surface area contributed by atoms with Crippen molar-refractivity contribution in [3.8, 4) is 0 Å². The number of benzene rings is 1. The lowest BCUT2D eigenvalue weighted by molar-refractivity contribution is 0.586. The highest BCUT2D eigenvalue weighted by Gasteiger charge is 2.21. The molecule has 0 fully saturated rings. The van der Waals surface area contributed by atoms with E-state index in [1.807, 2.05) is 0 Å². The Morgan fingerprint density at radius 2 is 2.17 bits per heavy atom. The fourth-order valence-corrected chi connectivity index (χ4v) is 3.15. The molecule has 0 unspecified atom stereocenters. The predicted octanol–water partition coefficient (Wildman–Crippen LogP) is 1.21. The quantitative estimate of drug-likeness (QED) is 0.807. The standard InChI is InChI=1S/C10H12N4O2S2/c11-6-1-2-7-12-18(15,16)9-5-3-4-8-10(9)14-17-13-8/h1-5,12H,6-7,11H2/b2-1+. The number of nitrogens with two attached hydrogens (primary N) is 1. The van der Waals surface area contributed by atoms with E-state index in [0.717, 1.165) is 11.4 Å². The third-order valence-electron chi connectivity index (χ3n) is 2.23. The molecule has 1 aliphatic rings. The second-order valence-corrected chi connectivity index (χ2v) is 5.71. The van der Waals surface area contributed by atoms with Crippen molar-refractivity contribution >= 4 is 32.8 Å². The highest BCUT2D eigenvalue weighted by molar-refractivity contribution is 7.89. The Kier molecular flexibility index (Phi) is 4.02. The summed E-state index contributed by atoms with van der Waals surface area (Å²) in [5.41, 5.74) is 6.25. The maximum Gasteiger partial charge on any atom is 0.243 e. The first kappa shape index (κ1) is 13.1. The molecule has 0 amide bonds. The third-order valence-corrected chi connectivity index (χ3v) is 4.23. The molecule has 96 valence electrons. The van der Waals surface area contributed by atoms with E-state index in [4.69, 9.17) is 5.73 Å². The van der Waals surface area contributed by atoms with Gasteiger partial charge in [0.15, 0.2) is 0 Å². The van der Waals surface area contributed by atoms with Gasteiger partial charge in [-0.05, 0) is 12.1 Å². The minimum absolute atomic E-state index is 0.148.